The van der Waals surface area contributed by atoms with E-state index in [2.05, 4.69) is 0 Å². The summed E-state index contributed by atoms with van der Waals surface area (Å²) in [5.41, 5.74) is 0.940. The molecule has 9 heavy (non-hydrogen) atoms. The first-order valence-electron chi connectivity index (χ1n) is 2.69. The molecule has 0 amide bonds. The molecule has 0 radical (unpaired) electrons. The summed E-state index contributed by atoms with van der Waals surface area (Å²) >= 11 is 0.307. The Balaban J connectivity index is 2.72. The fourth-order valence-corrected chi connectivity index (χ4v) is 1.12. The van der Waals surface area contributed by atoms with E-state index in [1.54, 1.807) is 0 Å². The van der Waals surface area contributed by atoms with Gasteiger partial charge in [-0.15, -0.1) is 0 Å². The van der Waals surface area contributed by atoms with Crippen molar-refractivity contribution < 1.29 is 4.79 Å². The highest BCUT2D eigenvalue weighted by Gasteiger charge is 1.81. The minimum absolute atomic E-state index is 0.307. The van der Waals surface area contributed by atoms with Gasteiger partial charge in [-0.2, -0.15) is 11.8 Å². The van der Waals surface area contributed by atoms with Gasteiger partial charge in [0.1, 0.15) is 0 Å². The Bertz CT molecular complexity index is 183. The Kier molecular flexibility index (Phi) is 2.33. The van der Waals surface area contributed by atoms with E-state index < -0.39 is 0 Å². The SMILES string of the molecule is O=C[SH2]c1ccccc1. The number of hydrogen-bond acceptors (Lipinski definition) is 1. The number of hydrogen-bond donors (Lipinski definition) is 0. The van der Waals surface area contributed by atoms with Gasteiger partial charge >= 0.3 is 0 Å². The van der Waals surface area contributed by atoms with Crippen LogP contribution in [0.25, 0.3) is 0 Å². The van der Waals surface area contributed by atoms with Crippen LogP contribution in [0.1, 0.15) is 0 Å². The van der Waals surface area contributed by atoms with Crippen LogP contribution in [0.2, 0.25) is 0 Å². The van der Waals surface area contributed by atoms with Crippen molar-refractivity contribution in [1.82, 2.24) is 0 Å². The Morgan fingerprint density at radius 1 is 1.22 bits per heavy atom. The molecule has 0 unspecified atom stereocenters. The third-order valence-electron chi connectivity index (χ3n) is 0.999. The van der Waals surface area contributed by atoms with Crippen molar-refractivity contribution in [2.75, 3.05) is 0 Å². The fraction of sp³-hybridized carbons (Fsp3) is 0. The number of rotatable bonds is 2. The van der Waals surface area contributed by atoms with Crippen LogP contribution in [0.3, 0.4) is 0 Å². The van der Waals surface area contributed by atoms with Gasteiger partial charge in [0.05, 0.1) is 0 Å². The average molecular weight is 140 g/mol. The molecule has 1 aromatic rings. The maximum absolute atomic E-state index is 9.99. The molecule has 48 valence electrons. The summed E-state index contributed by atoms with van der Waals surface area (Å²) in [5, 5.41) is 0. The minimum Gasteiger partial charge on any atom is -0.293 e. The van der Waals surface area contributed by atoms with Crippen LogP contribution >= 0.6 is 11.8 Å². The molecule has 0 fully saturated rings. The van der Waals surface area contributed by atoms with Crippen molar-refractivity contribution in [3.8, 4) is 0 Å². The summed E-state index contributed by atoms with van der Waals surface area (Å²) in [6.45, 7) is 0. The molecule has 0 aliphatic carbocycles. The first kappa shape index (κ1) is 6.36. The van der Waals surface area contributed by atoms with Gasteiger partial charge in [-0.25, -0.2) is 0 Å². The zero-order valence-electron chi connectivity index (χ0n) is 4.87. The molecular formula is C7H8OS. The van der Waals surface area contributed by atoms with Crippen LogP contribution in [-0.4, -0.2) is 5.62 Å². The molecular weight excluding hydrogens is 132 g/mol. The van der Waals surface area contributed by atoms with E-state index in [4.69, 9.17) is 0 Å². The molecule has 0 bridgehead atoms. The van der Waals surface area contributed by atoms with Crippen LogP contribution in [-0.2, 0) is 4.79 Å². The first-order valence-corrected chi connectivity index (χ1v) is 3.76. The number of carbonyl (C=O) groups excluding carboxylic acids is 1. The van der Waals surface area contributed by atoms with E-state index in [0.29, 0.717) is 11.8 Å². The summed E-state index contributed by atoms with van der Waals surface area (Å²) in [5.74, 6) is 0. The molecule has 0 atom stereocenters. The highest BCUT2D eigenvalue weighted by atomic mass is 32.2. The van der Waals surface area contributed by atoms with Gasteiger partial charge in [-0.1, -0.05) is 30.3 Å². The molecule has 0 heterocycles. The van der Waals surface area contributed by atoms with E-state index in [0.717, 1.165) is 10.5 Å². The average Bonchev–Trinajstić information content (AvgIpc) is 1.91. The standard InChI is InChI=1S/C7H8OS/c8-6-9-7-4-2-1-3-5-7/h1-6H,9H2. The van der Waals surface area contributed by atoms with Crippen molar-refractivity contribution in [2.24, 2.45) is 0 Å². The maximum Gasteiger partial charge on any atom is 0.158 e. The quantitative estimate of drug-likeness (QED) is 0.568. The van der Waals surface area contributed by atoms with Crippen molar-refractivity contribution in [3.63, 3.8) is 0 Å². The lowest BCUT2D eigenvalue weighted by molar-refractivity contribution is 0.570. The predicted octanol–water partition coefficient (Wildman–Crippen LogP) is 1.43. The number of benzene rings is 1. The predicted molar refractivity (Wildman–Crippen MR) is 41.8 cm³/mol. The summed E-state index contributed by atoms with van der Waals surface area (Å²) < 4.78 is 0. The molecule has 0 spiro atoms. The molecule has 0 saturated carbocycles. The van der Waals surface area contributed by atoms with Crippen LogP contribution in [0, 0.1) is 0 Å². The molecule has 2 heteroatoms. The maximum atomic E-state index is 9.99. The molecule has 1 rings (SSSR count). The summed E-state index contributed by atoms with van der Waals surface area (Å²) in [6, 6.07) is 9.72. The molecule has 0 aliphatic rings. The second-order valence-corrected chi connectivity index (χ2v) is 2.73. The highest BCUT2D eigenvalue weighted by molar-refractivity contribution is 8.11. The van der Waals surface area contributed by atoms with E-state index in [9.17, 15) is 4.79 Å². The monoisotopic (exact) mass is 140 g/mol. The van der Waals surface area contributed by atoms with Gasteiger partial charge in [-0.05, 0) is 4.90 Å². The van der Waals surface area contributed by atoms with Crippen LogP contribution < -0.4 is 0 Å². The Labute approximate surface area is 58.1 Å². The zero-order valence-corrected chi connectivity index (χ0v) is 5.87. The Hall–Kier alpha value is -0.760. The van der Waals surface area contributed by atoms with Gasteiger partial charge in [0.2, 0.25) is 0 Å². The molecule has 1 aromatic carbocycles. The van der Waals surface area contributed by atoms with Crippen molar-refractivity contribution in [2.45, 2.75) is 4.90 Å². The molecule has 1 nitrogen and oxygen atoms in total. The summed E-state index contributed by atoms with van der Waals surface area (Å²) in [4.78, 5) is 11.1. The third-order valence-corrected chi connectivity index (χ3v) is 1.78. The van der Waals surface area contributed by atoms with E-state index in [1.807, 2.05) is 30.3 Å². The molecule has 0 saturated heterocycles. The smallest absolute Gasteiger partial charge is 0.158 e. The molecule has 0 aliphatic heterocycles. The zero-order chi connectivity index (χ0) is 6.53. The van der Waals surface area contributed by atoms with Crippen molar-refractivity contribution >= 4 is 17.4 Å². The Morgan fingerprint density at radius 2 is 1.89 bits per heavy atom. The second kappa shape index (κ2) is 3.30. The van der Waals surface area contributed by atoms with Gasteiger partial charge in [0.15, 0.2) is 5.62 Å². The second-order valence-electron chi connectivity index (χ2n) is 1.63. The lowest BCUT2D eigenvalue weighted by Crippen LogP contribution is -1.66. The van der Waals surface area contributed by atoms with E-state index in [-0.39, 0.29) is 0 Å². The molecule has 0 aromatic heterocycles. The normalized spacial score (nSPS) is 11.1. The van der Waals surface area contributed by atoms with Gasteiger partial charge < -0.3 is 0 Å². The third kappa shape index (κ3) is 1.90. The first-order chi connectivity index (χ1) is 4.43. The largest absolute Gasteiger partial charge is 0.293 e. The van der Waals surface area contributed by atoms with E-state index in [1.165, 1.54) is 0 Å². The van der Waals surface area contributed by atoms with Crippen molar-refractivity contribution in [3.05, 3.63) is 30.3 Å². The minimum atomic E-state index is 0.307. The lowest BCUT2D eigenvalue weighted by Gasteiger charge is -1.91. The van der Waals surface area contributed by atoms with Crippen LogP contribution in [0.15, 0.2) is 35.2 Å². The van der Waals surface area contributed by atoms with Crippen LogP contribution in [0.4, 0.5) is 0 Å². The number of carbonyl (C=O) groups is 1. The van der Waals surface area contributed by atoms with E-state index >= 15 is 0 Å². The highest BCUT2D eigenvalue weighted by Crippen LogP contribution is 2.12. The van der Waals surface area contributed by atoms with Gasteiger partial charge in [0.25, 0.3) is 0 Å². The lowest BCUT2D eigenvalue weighted by atomic mass is 10.4. The molecule has 0 N–H and O–H groups in total. The fourth-order valence-electron chi connectivity index (χ4n) is 0.602. The van der Waals surface area contributed by atoms with Crippen LogP contribution in [0.5, 0.6) is 0 Å². The summed E-state index contributed by atoms with van der Waals surface area (Å²) in [7, 11) is 0. The van der Waals surface area contributed by atoms with Crippen molar-refractivity contribution in [1.29, 1.82) is 0 Å². The Morgan fingerprint density at radius 3 is 2.44 bits per heavy atom. The topological polar surface area (TPSA) is 17.1 Å². The van der Waals surface area contributed by atoms with Gasteiger partial charge in [0, 0.05) is 0 Å². The summed E-state index contributed by atoms with van der Waals surface area (Å²) in [6.07, 6.45) is 0. The van der Waals surface area contributed by atoms with Gasteiger partial charge in [-0.3, -0.25) is 4.79 Å².